The largest absolute Gasteiger partial charge is 0.352 e. The summed E-state index contributed by atoms with van der Waals surface area (Å²) in [6.07, 6.45) is 8.15. The van der Waals surface area contributed by atoms with E-state index in [0.717, 1.165) is 45.3 Å². The summed E-state index contributed by atoms with van der Waals surface area (Å²) in [5, 5.41) is 3.21. The average molecular weight is 610 g/mol. The van der Waals surface area contributed by atoms with Crippen LogP contribution in [0.1, 0.15) is 18.4 Å². The Hall–Kier alpha value is -4.61. The number of aromatic nitrogens is 3. The number of imidazole rings is 1. The Labute approximate surface area is 258 Å². The van der Waals surface area contributed by atoms with Crippen LogP contribution in [0.5, 0.6) is 0 Å². The van der Waals surface area contributed by atoms with Gasteiger partial charge in [-0.25, -0.2) is 14.2 Å². The van der Waals surface area contributed by atoms with Crippen LogP contribution in [0.25, 0.3) is 20.8 Å². The molecule has 0 saturated carbocycles. The fourth-order valence-corrected chi connectivity index (χ4v) is 6.88. The Bertz CT molecular complexity index is 1820. The highest BCUT2D eigenvalue weighted by atomic mass is 32.1. The van der Waals surface area contributed by atoms with Crippen LogP contribution < -0.4 is 10.2 Å². The van der Waals surface area contributed by atoms with E-state index in [0.29, 0.717) is 24.3 Å². The van der Waals surface area contributed by atoms with Crippen LogP contribution in [-0.4, -0.2) is 69.0 Å². The van der Waals surface area contributed by atoms with Crippen molar-refractivity contribution in [1.82, 2.24) is 24.3 Å². The highest BCUT2D eigenvalue weighted by Gasteiger charge is 2.33. The van der Waals surface area contributed by atoms with E-state index < -0.39 is 5.82 Å². The number of para-hydroxylation sites is 1. The van der Waals surface area contributed by atoms with Crippen LogP contribution in [0, 0.1) is 5.82 Å². The van der Waals surface area contributed by atoms with Crippen molar-refractivity contribution >= 4 is 50.6 Å². The molecule has 5 heterocycles. The summed E-state index contributed by atoms with van der Waals surface area (Å²) in [7, 11) is 0. The zero-order valence-electron chi connectivity index (χ0n) is 24.2. The molecule has 2 fully saturated rings. The summed E-state index contributed by atoms with van der Waals surface area (Å²) in [5.74, 6) is -0.832. The van der Waals surface area contributed by atoms with Gasteiger partial charge in [0.05, 0.1) is 44.9 Å². The van der Waals surface area contributed by atoms with Crippen molar-refractivity contribution < 1.29 is 14.0 Å². The SMILES string of the molecule is O=C(Cc1ccc(Nc2ccnc3cc(-c4cn(CCN5CCCC5)cn4)sc23)c(F)c1)N1CCN(c2ccccc2)C1=O. The molecule has 0 spiro atoms. The number of benzene rings is 2. The third-order valence-electron chi connectivity index (χ3n) is 8.21. The molecule has 5 aromatic rings. The highest BCUT2D eigenvalue weighted by Crippen LogP contribution is 2.37. The molecule has 2 saturated heterocycles. The maximum absolute atomic E-state index is 15.3. The number of rotatable bonds is 9. The number of pyridine rings is 1. The standard InChI is InChI=1S/C33H32FN7O2S/c34-25-18-23(19-31(42)41-17-16-40(33(41)43)24-6-2-1-3-7-24)8-9-26(25)37-27-10-11-35-28-20-30(44-32(27)28)29-21-39(22-36-29)15-14-38-12-4-5-13-38/h1-3,6-11,18,20-22H,4-5,12-17,19H2,(H,35,37). The minimum absolute atomic E-state index is 0.0654. The van der Waals surface area contributed by atoms with Crippen LogP contribution in [0.15, 0.2) is 79.4 Å². The molecular formula is C33H32FN7O2S. The van der Waals surface area contributed by atoms with Crippen LogP contribution in [0.2, 0.25) is 0 Å². The van der Waals surface area contributed by atoms with E-state index in [1.165, 1.54) is 36.9 Å². The van der Waals surface area contributed by atoms with E-state index in [9.17, 15) is 9.59 Å². The van der Waals surface area contributed by atoms with Gasteiger partial charge in [0.1, 0.15) is 5.82 Å². The number of hydrogen-bond acceptors (Lipinski definition) is 7. The van der Waals surface area contributed by atoms with Crippen molar-refractivity contribution in [1.29, 1.82) is 0 Å². The third kappa shape index (κ3) is 5.80. The molecule has 7 rings (SSSR count). The molecule has 2 aliphatic rings. The van der Waals surface area contributed by atoms with E-state index in [-0.39, 0.29) is 18.4 Å². The number of carbonyl (C=O) groups excluding carboxylic acids is 2. The molecular weight excluding hydrogens is 577 g/mol. The van der Waals surface area contributed by atoms with Gasteiger partial charge >= 0.3 is 6.03 Å². The molecule has 9 nitrogen and oxygen atoms in total. The molecule has 0 atom stereocenters. The molecule has 1 N–H and O–H groups in total. The van der Waals surface area contributed by atoms with Gasteiger partial charge in [0.15, 0.2) is 0 Å². The van der Waals surface area contributed by atoms with E-state index in [4.69, 9.17) is 0 Å². The molecule has 11 heteroatoms. The van der Waals surface area contributed by atoms with Crippen molar-refractivity contribution in [2.24, 2.45) is 0 Å². The lowest BCUT2D eigenvalue weighted by Gasteiger charge is -2.17. The van der Waals surface area contributed by atoms with Crippen molar-refractivity contribution in [2.45, 2.75) is 25.8 Å². The Balaban J connectivity index is 1.02. The van der Waals surface area contributed by atoms with Gasteiger partial charge in [0.2, 0.25) is 5.91 Å². The maximum atomic E-state index is 15.3. The van der Waals surface area contributed by atoms with Crippen molar-refractivity contribution in [2.75, 3.05) is 42.9 Å². The molecule has 224 valence electrons. The number of thiophene rings is 1. The number of nitrogens with one attached hydrogen (secondary N) is 1. The van der Waals surface area contributed by atoms with Crippen LogP contribution in [0.4, 0.5) is 26.2 Å². The van der Waals surface area contributed by atoms with Gasteiger partial charge in [0.25, 0.3) is 0 Å². The third-order valence-corrected chi connectivity index (χ3v) is 9.39. The zero-order valence-corrected chi connectivity index (χ0v) is 25.0. The fourth-order valence-electron chi connectivity index (χ4n) is 5.84. The zero-order chi connectivity index (χ0) is 30.0. The Morgan fingerprint density at radius 1 is 0.932 bits per heavy atom. The summed E-state index contributed by atoms with van der Waals surface area (Å²) < 4.78 is 18.3. The lowest BCUT2D eigenvalue weighted by molar-refractivity contribution is -0.126. The van der Waals surface area contributed by atoms with Gasteiger partial charge in [-0.3, -0.25) is 19.6 Å². The number of nitrogens with zero attached hydrogens (tertiary/aromatic N) is 6. The van der Waals surface area contributed by atoms with Crippen molar-refractivity contribution in [3.8, 4) is 10.6 Å². The van der Waals surface area contributed by atoms with Gasteiger partial charge in [-0.15, -0.1) is 11.3 Å². The van der Waals surface area contributed by atoms with Crippen LogP contribution in [0.3, 0.4) is 0 Å². The lowest BCUT2D eigenvalue weighted by Crippen LogP contribution is -2.37. The second kappa shape index (κ2) is 12.2. The normalized spacial score (nSPS) is 15.5. The number of likely N-dealkylation sites (tertiary alicyclic amines) is 1. The van der Waals surface area contributed by atoms with E-state index in [2.05, 4.69) is 30.9 Å². The molecule has 3 aromatic heterocycles. The number of imide groups is 1. The highest BCUT2D eigenvalue weighted by molar-refractivity contribution is 7.22. The number of anilines is 3. The molecule has 0 unspecified atom stereocenters. The smallest absolute Gasteiger partial charge is 0.331 e. The van der Waals surface area contributed by atoms with E-state index in [1.54, 1.807) is 34.6 Å². The molecule has 2 aromatic carbocycles. The van der Waals surface area contributed by atoms with Crippen LogP contribution in [-0.2, 0) is 17.8 Å². The Morgan fingerprint density at radius 2 is 1.77 bits per heavy atom. The first-order valence-electron chi connectivity index (χ1n) is 14.9. The summed E-state index contributed by atoms with van der Waals surface area (Å²) in [6.45, 7) is 5.01. The van der Waals surface area contributed by atoms with Crippen molar-refractivity contribution in [3.05, 3.63) is 90.8 Å². The number of amides is 3. The predicted octanol–water partition coefficient (Wildman–Crippen LogP) is 6.15. The van der Waals surface area contributed by atoms with Crippen molar-refractivity contribution in [3.63, 3.8) is 0 Å². The average Bonchev–Trinajstić information content (AvgIpc) is 3.85. The summed E-state index contributed by atoms with van der Waals surface area (Å²) in [5.41, 5.74) is 3.99. The topological polar surface area (TPSA) is 86.6 Å². The number of halogens is 1. The minimum Gasteiger partial charge on any atom is -0.352 e. The molecule has 3 amide bonds. The quantitative estimate of drug-likeness (QED) is 0.216. The summed E-state index contributed by atoms with van der Waals surface area (Å²) in [4.78, 5) is 41.3. The number of carbonyl (C=O) groups is 2. The second-order valence-electron chi connectivity index (χ2n) is 11.2. The Kier molecular flexibility index (Phi) is 7.80. The molecule has 0 bridgehead atoms. The first kappa shape index (κ1) is 28.2. The maximum Gasteiger partial charge on any atom is 0.331 e. The first-order valence-corrected chi connectivity index (χ1v) is 15.7. The molecule has 0 aliphatic carbocycles. The molecule has 0 radical (unpaired) electrons. The van der Waals surface area contributed by atoms with Gasteiger partial charge in [-0.05, 0) is 67.9 Å². The van der Waals surface area contributed by atoms with Crippen LogP contribution >= 0.6 is 11.3 Å². The van der Waals surface area contributed by atoms with E-state index in [1.807, 2.05) is 48.8 Å². The monoisotopic (exact) mass is 609 g/mol. The fraction of sp³-hybridized carbons (Fsp3) is 0.273. The first-order chi connectivity index (χ1) is 21.5. The molecule has 2 aliphatic heterocycles. The summed E-state index contributed by atoms with van der Waals surface area (Å²) in [6, 6.07) is 17.4. The minimum atomic E-state index is -0.479. The van der Waals surface area contributed by atoms with E-state index >= 15 is 4.39 Å². The summed E-state index contributed by atoms with van der Waals surface area (Å²) >= 11 is 1.56. The molecule has 44 heavy (non-hydrogen) atoms. The number of hydrogen-bond donors (Lipinski definition) is 1. The van der Waals surface area contributed by atoms with Gasteiger partial charge in [-0.1, -0.05) is 24.3 Å². The van der Waals surface area contributed by atoms with Gasteiger partial charge in [-0.2, -0.15) is 0 Å². The van der Waals surface area contributed by atoms with Gasteiger partial charge < -0.3 is 14.8 Å². The predicted molar refractivity (Wildman–Crippen MR) is 171 cm³/mol. The number of urea groups is 1. The Morgan fingerprint density at radius 3 is 2.59 bits per heavy atom. The van der Waals surface area contributed by atoms with Gasteiger partial charge in [0, 0.05) is 44.3 Å². The second-order valence-corrected chi connectivity index (χ2v) is 12.2. The lowest BCUT2D eigenvalue weighted by atomic mass is 10.1. The number of fused-ring (bicyclic) bond motifs is 1.